The number of likely N-dealkylation sites (tertiary alicyclic amines) is 1. The van der Waals surface area contributed by atoms with Gasteiger partial charge in [-0.2, -0.15) is 0 Å². The van der Waals surface area contributed by atoms with Gasteiger partial charge in [-0.15, -0.1) is 0 Å². The number of H-pyrrole nitrogens is 1. The third-order valence-corrected chi connectivity index (χ3v) is 4.43. The first-order chi connectivity index (χ1) is 11.8. The molecule has 1 aliphatic heterocycles. The average Bonchev–Trinajstić information content (AvgIpc) is 3.10. The Bertz CT molecular complexity index is 895. The second kappa shape index (κ2) is 6.45. The molecule has 0 atom stereocenters. The van der Waals surface area contributed by atoms with Crippen LogP contribution in [-0.2, 0) is 6.54 Å². The third-order valence-electron chi connectivity index (χ3n) is 4.43. The van der Waals surface area contributed by atoms with Gasteiger partial charge in [0, 0.05) is 12.2 Å². The molecule has 1 aliphatic rings. The highest BCUT2D eigenvalue weighted by Gasteiger charge is 2.11. The fourth-order valence-electron chi connectivity index (χ4n) is 3.17. The van der Waals surface area contributed by atoms with Crippen molar-refractivity contribution in [1.29, 1.82) is 0 Å². The SMILES string of the molecule is O=c1[nH]c(Nc2ccc(CN3CCCC3)cc2)nc2ccccc12. The number of hydrogen-bond acceptors (Lipinski definition) is 4. The molecule has 5 nitrogen and oxygen atoms in total. The minimum absolute atomic E-state index is 0.131. The minimum atomic E-state index is -0.131. The first-order valence-electron chi connectivity index (χ1n) is 8.35. The Labute approximate surface area is 140 Å². The average molecular weight is 320 g/mol. The molecule has 2 heterocycles. The van der Waals surface area contributed by atoms with Gasteiger partial charge in [0.2, 0.25) is 5.95 Å². The molecule has 0 aliphatic carbocycles. The van der Waals surface area contributed by atoms with Crippen molar-refractivity contribution in [3.8, 4) is 0 Å². The van der Waals surface area contributed by atoms with Crippen molar-refractivity contribution in [2.45, 2.75) is 19.4 Å². The lowest BCUT2D eigenvalue weighted by molar-refractivity contribution is 0.331. The molecule has 2 aromatic carbocycles. The molecule has 1 fully saturated rings. The lowest BCUT2D eigenvalue weighted by Crippen LogP contribution is -2.18. The van der Waals surface area contributed by atoms with Gasteiger partial charge in [-0.3, -0.25) is 14.7 Å². The third kappa shape index (κ3) is 3.16. The molecular weight excluding hydrogens is 300 g/mol. The number of hydrogen-bond donors (Lipinski definition) is 2. The van der Waals surface area contributed by atoms with Gasteiger partial charge in [0.25, 0.3) is 5.56 Å². The zero-order valence-corrected chi connectivity index (χ0v) is 13.5. The number of nitrogens with one attached hydrogen (secondary N) is 2. The predicted octanol–water partition coefficient (Wildman–Crippen LogP) is 3.26. The number of fused-ring (bicyclic) bond motifs is 1. The number of benzene rings is 2. The van der Waals surface area contributed by atoms with Gasteiger partial charge < -0.3 is 5.32 Å². The number of nitrogens with zero attached hydrogens (tertiary/aromatic N) is 2. The van der Waals surface area contributed by atoms with Crippen molar-refractivity contribution in [1.82, 2.24) is 14.9 Å². The maximum absolute atomic E-state index is 12.1. The monoisotopic (exact) mass is 320 g/mol. The Morgan fingerprint density at radius 2 is 1.79 bits per heavy atom. The van der Waals surface area contributed by atoms with E-state index in [4.69, 9.17) is 0 Å². The second-order valence-electron chi connectivity index (χ2n) is 6.24. The van der Waals surface area contributed by atoms with Crippen molar-refractivity contribution < 1.29 is 0 Å². The van der Waals surface area contributed by atoms with E-state index in [0.29, 0.717) is 16.9 Å². The molecule has 3 aromatic rings. The van der Waals surface area contributed by atoms with Crippen molar-refractivity contribution in [2.24, 2.45) is 0 Å². The normalized spacial score (nSPS) is 15.0. The topological polar surface area (TPSA) is 61.0 Å². The first-order valence-corrected chi connectivity index (χ1v) is 8.35. The van der Waals surface area contributed by atoms with Crippen LogP contribution in [-0.4, -0.2) is 28.0 Å². The highest BCUT2D eigenvalue weighted by Crippen LogP contribution is 2.17. The van der Waals surface area contributed by atoms with E-state index in [1.807, 2.05) is 30.3 Å². The molecule has 0 saturated carbocycles. The van der Waals surface area contributed by atoms with Gasteiger partial charge in [0.15, 0.2) is 0 Å². The van der Waals surface area contributed by atoms with E-state index in [2.05, 4.69) is 32.3 Å². The Balaban J connectivity index is 1.51. The molecule has 0 spiro atoms. The number of aromatic nitrogens is 2. The number of para-hydroxylation sites is 1. The number of rotatable bonds is 4. The Morgan fingerprint density at radius 1 is 1.04 bits per heavy atom. The standard InChI is InChI=1S/C19H20N4O/c24-18-16-5-1-2-6-17(16)21-19(22-18)20-15-9-7-14(8-10-15)13-23-11-3-4-12-23/h1-2,5-10H,3-4,11-13H2,(H2,20,21,22,24). The van der Waals surface area contributed by atoms with E-state index in [-0.39, 0.29) is 5.56 Å². The lowest BCUT2D eigenvalue weighted by atomic mass is 10.2. The van der Waals surface area contributed by atoms with E-state index >= 15 is 0 Å². The highest BCUT2D eigenvalue weighted by atomic mass is 16.1. The summed E-state index contributed by atoms with van der Waals surface area (Å²) in [6, 6.07) is 15.6. The summed E-state index contributed by atoms with van der Waals surface area (Å²) in [5.41, 5.74) is 2.78. The molecule has 0 radical (unpaired) electrons. The van der Waals surface area contributed by atoms with E-state index in [1.165, 1.54) is 31.5 Å². The van der Waals surface area contributed by atoms with Gasteiger partial charge in [0.1, 0.15) is 0 Å². The van der Waals surface area contributed by atoms with Crippen LogP contribution in [0.4, 0.5) is 11.6 Å². The van der Waals surface area contributed by atoms with Crippen LogP contribution in [0.3, 0.4) is 0 Å². The summed E-state index contributed by atoms with van der Waals surface area (Å²) in [5.74, 6) is 0.464. The summed E-state index contributed by atoms with van der Waals surface area (Å²) in [7, 11) is 0. The number of aromatic amines is 1. The smallest absolute Gasteiger partial charge is 0.260 e. The largest absolute Gasteiger partial charge is 0.326 e. The summed E-state index contributed by atoms with van der Waals surface area (Å²) in [6.07, 6.45) is 2.61. The molecule has 0 unspecified atom stereocenters. The molecule has 122 valence electrons. The van der Waals surface area contributed by atoms with Crippen molar-refractivity contribution in [3.63, 3.8) is 0 Å². The Hall–Kier alpha value is -2.66. The quantitative estimate of drug-likeness (QED) is 0.774. The van der Waals surface area contributed by atoms with Gasteiger partial charge in [-0.1, -0.05) is 24.3 Å². The fourth-order valence-corrected chi connectivity index (χ4v) is 3.17. The zero-order chi connectivity index (χ0) is 16.4. The zero-order valence-electron chi connectivity index (χ0n) is 13.5. The fraction of sp³-hybridized carbons (Fsp3) is 0.263. The Kier molecular flexibility index (Phi) is 4.01. The lowest BCUT2D eigenvalue weighted by Gasteiger charge is -2.14. The summed E-state index contributed by atoms with van der Waals surface area (Å²) >= 11 is 0. The van der Waals surface area contributed by atoms with Crippen molar-refractivity contribution in [2.75, 3.05) is 18.4 Å². The van der Waals surface area contributed by atoms with Crippen LogP contribution in [0.25, 0.3) is 10.9 Å². The molecule has 0 bridgehead atoms. The van der Waals surface area contributed by atoms with Crippen LogP contribution in [0.15, 0.2) is 53.3 Å². The second-order valence-corrected chi connectivity index (χ2v) is 6.24. The van der Waals surface area contributed by atoms with Crippen molar-refractivity contribution in [3.05, 3.63) is 64.4 Å². The molecule has 2 N–H and O–H groups in total. The van der Waals surface area contributed by atoms with Gasteiger partial charge in [-0.05, 0) is 55.8 Å². The van der Waals surface area contributed by atoms with E-state index < -0.39 is 0 Å². The van der Waals surface area contributed by atoms with Crippen molar-refractivity contribution >= 4 is 22.5 Å². The number of anilines is 2. The van der Waals surface area contributed by atoms with Gasteiger partial charge in [-0.25, -0.2) is 4.98 Å². The van der Waals surface area contributed by atoms with Crippen LogP contribution in [0, 0.1) is 0 Å². The minimum Gasteiger partial charge on any atom is -0.326 e. The Morgan fingerprint density at radius 3 is 2.58 bits per heavy atom. The molecular formula is C19H20N4O. The van der Waals surface area contributed by atoms with Crippen LogP contribution in [0.5, 0.6) is 0 Å². The predicted molar refractivity (Wildman–Crippen MR) is 96.6 cm³/mol. The van der Waals surface area contributed by atoms with E-state index in [1.54, 1.807) is 6.07 Å². The van der Waals surface area contributed by atoms with E-state index in [9.17, 15) is 4.79 Å². The van der Waals surface area contributed by atoms with Crippen LogP contribution < -0.4 is 10.9 Å². The van der Waals surface area contributed by atoms with E-state index in [0.717, 1.165) is 12.2 Å². The maximum atomic E-state index is 12.1. The van der Waals surface area contributed by atoms with Crippen LogP contribution >= 0.6 is 0 Å². The molecule has 5 heteroatoms. The molecule has 1 aromatic heterocycles. The molecule has 24 heavy (non-hydrogen) atoms. The van der Waals surface area contributed by atoms with Crippen LogP contribution in [0.2, 0.25) is 0 Å². The highest BCUT2D eigenvalue weighted by molar-refractivity contribution is 5.78. The summed E-state index contributed by atoms with van der Waals surface area (Å²) in [6.45, 7) is 3.40. The van der Waals surface area contributed by atoms with Gasteiger partial charge in [0.05, 0.1) is 10.9 Å². The van der Waals surface area contributed by atoms with Crippen LogP contribution in [0.1, 0.15) is 18.4 Å². The first kappa shape index (κ1) is 14.9. The molecule has 0 amide bonds. The molecule has 4 rings (SSSR count). The summed E-state index contributed by atoms with van der Waals surface area (Å²) in [5, 5.41) is 3.78. The summed E-state index contributed by atoms with van der Waals surface area (Å²) in [4.78, 5) is 21.8. The summed E-state index contributed by atoms with van der Waals surface area (Å²) < 4.78 is 0. The van der Waals surface area contributed by atoms with Gasteiger partial charge >= 0.3 is 0 Å². The molecule has 1 saturated heterocycles. The maximum Gasteiger partial charge on any atom is 0.260 e.